The van der Waals surface area contributed by atoms with E-state index in [2.05, 4.69) is 27.2 Å². The number of halogens is 1. The number of nitrogens with one attached hydrogen (secondary N) is 1. The van der Waals surface area contributed by atoms with E-state index in [0.717, 1.165) is 17.3 Å². The van der Waals surface area contributed by atoms with Gasteiger partial charge in [0.15, 0.2) is 0 Å². The molecule has 0 spiro atoms. The maximum atomic E-state index is 12.0. The molecule has 0 saturated heterocycles. The van der Waals surface area contributed by atoms with Crippen LogP contribution in [0.1, 0.15) is 37.0 Å². The molecule has 90 valence electrons. The Kier molecular flexibility index (Phi) is 4.77. The summed E-state index contributed by atoms with van der Waals surface area (Å²) >= 11 is 3.33. The largest absolute Gasteiger partial charge is 0.336 e. The Morgan fingerprint density at radius 1 is 1.35 bits per heavy atom. The SMILES string of the molecule is C#CC(CC)(CC)NC(=O)c1ccc(Br)cc1. The Balaban J connectivity index is 2.85. The molecular weight excluding hydrogens is 278 g/mol. The summed E-state index contributed by atoms with van der Waals surface area (Å²) in [5.41, 5.74) is 0.0826. The molecule has 17 heavy (non-hydrogen) atoms. The summed E-state index contributed by atoms with van der Waals surface area (Å²) in [6, 6.07) is 7.22. The number of rotatable bonds is 4. The Labute approximate surface area is 111 Å². The third kappa shape index (κ3) is 3.34. The molecule has 0 aliphatic heterocycles. The Morgan fingerprint density at radius 2 is 1.88 bits per heavy atom. The molecule has 1 amide bonds. The summed E-state index contributed by atoms with van der Waals surface area (Å²) in [6.45, 7) is 3.95. The first-order valence-electron chi connectivity index (χ1n) is 5.62. The molecule has 1 aromatic rings. The van der Waals surface area contributed by atoms with Crippen molar-refractivity contribution in [2.75, 3.05) is 0 Å². The Hall–Kier alpha value is -1.27. The van der Waals surface area contributed by atoms with E-state index in [4.69, 9.17) is 6.42 Å². The van der Waals surface area contributed by atoms with Gasteiger partial charge in [-0.15, -0.1) is 6.42 Å². The van der Waals surface area contributed by atoms with Gasteiger partial charge in [0.05, 0.1) is 0 Å². The number of carbonyl (C=O) groups is 1. The van der Waals surface area contributed by atoms with Crippen molar-refractivity contribution in [2.45, 2.75) is 32.2 Å². The quantitative estimate of drug-likeness (QED) is 0.848. The van der Waals surface area contributed by atoms with Crippen molar-refractivity contribution in [2.24, 2.45) is 0 Å². The van der Waals surface area contributed by atoms with Gasteiger partial charge in [0, 0.05) is 10.0 Å². The van der Waals surface area contributed by atoms with Crippen LogP contribution in [0.2, 0.25) is 0 Å². The number of hydrogen-bond donors (Lipinski definition) is 1. The van der Waals surface area contributed by atoms with Crippen LogP contribution >= 0.6 is 15.9 Å². The second kappa shape index (κ2) is 5.88. The van der Waals surface area contributed by atoms with Gasteiger partial charge in [0.25, 0.3) is 5.91 Å². The van der Waals surface area contributed by atoms with Crippen molar-refractivity contribution in [3.63, 3.8) is 0 Å². The highest BCUT2D eigenvalue weighted by Gasteiger charge is 2.25. The monoisotopic (exact) mass is 293 g/mol. The summed E-state index contributed by atoms with van der Waals surface area (Å²) < 4.78 is 0.947. The Morgan fingerprint density at radius 3 is 2.29 bits per heavy atom. The van der Waals surface area contributed by atoms with E-state index < -0.39 is 5.54 Å². The fourth-order valence-electron chi connectivity index (χ4n) is 1.56. The summed E-state index contributed by atoms with van der Waals surface area (Å²) in [5, 5.41) is 2.92. The van der Waals surface area contributed by atoms with Crippen LogP contribution in [0.15, 0.2) is 28.7 Å². The van der Waals surface area contributed by atoms with E-state index >= 15 is 0 Å². The van der Waals surface area contributed by atoms with Gasteiger partial charge in [-0.25, -0.2) is 0 Å². The highest BCUT2D eigenvalue weighted by Crippen LogP contribution is 2.16. The molecule has 1 aromatic carbocycles. The molecule has 0 atom stereocenters. The zero-order valence-electron chi connectivity index (χ0n) is 10.1. The summed E-state index contributed by atoms with van der Waals surface area (Å²) in [7, 11) is 0. The topological polar surface area (TPSA) is 29.1 Å². The van der Waals surface area contributed by atoms with Gasteiger partial charge in [-0.1, -0.05) is 35.7 Å². The second-order valence-electron chi connectivity index (χ2n) is 3.89. The van der Waals surface area contributed by atoms with E-state index in [0.29, 0.717) is 5.56 Å². The predicted octanol–water partition coefficient (Wildman–Crippen LogP) is 3.37. The van der Waals surface area contributed by atoms with Crippen LogP contribution < -0.4 is 5.32 Å². The van der Waals surface area contributed by atoms with Crippen molar-refractivity contribution >= 4 is 21.8 Å². The summed E-state index contributed by atoms with van der Waals surface area (Å²) in [5.74, 6) is 2.56. The molecule has 3 heteroatoms. The number of amides is 1. The molecule has 0 unspecified atom stereocenters. The van der Waals surface area contributed by atoms with Crippen LogP contribution in [-0.4, -0.2) is 11.4 Å². The van der Waals surface area contributed by atoms with E-state index in [9.17, 15) is 4.79 Å². The van der Waals surface area contributed by atoms with E-state index in [1.807, 2.05) is 26.0 Å². The number of terminal acetylenes is 1. The van der Waals surface area contributed by atoms with Crippen molar-refractivity contribution in [3.8, 4) is 12.3 Å². The van der Waals surface area contributed by atoms with Gasteiger partial charge < -0.3 is 5.32 Å². The molecule has 0 aliphatic carbocycles. The van der Waals surface area contributed by atoms with Crippen molar-refractivity contribution < 1.29 is 4.79 Å². The van der Waals surface area contributed by atoms with E-state index in [1.165, 1.54) is 0 Å². The van der Waals surface area contributed by atoms with Gasteiger partial charge in [-0.3, -0.25) is 4.79 Å². The molecule has 0 saturated carbocycles. The van der Waals surface area contributed by atoms with Crippen molar-refractivity contribution in [1.29, 1.82) is 0 Å². The first-order chi connectivity index (χ1) is 8.06. The minimum absolute atomic E-state index is 0.126. The lowest BCUT2D eigenvalue weighted by molar-refractivity contribution is 0.0916. The van der Waals surface area contributed by atoms with Gasteiger partial charge in [0.2, 0.25) is 0 Å². The van der Waals surface area contributed by atoms with Crippen LogP contribution in [0.25, 0.3) is 0 Å². The normalized spacial score (nSPS) is 10.7. The fraction of sp³-hybridized carbons (Fsp3) is 0.357. The molecular formula is C14H16BrNO. The first-order valence-corrected chi connectivity index (χ1v) is 6.42. The number of hydrogen-bond acceptors (Lipinski definition) is 1. The average molecular weight is 294 g/mol. The van der Waals surface area contributed by atoms with Crippen LogP contribution in [0.4, 0.5) is 0 Å². The molecule has 2 nitrogen and oxygen atoms in total. The Bertz CT molecular complexity index is 427. The standard InChI is InChI=1S/C14H16BrNO/c1-4-14(5-2,6-3)16-13(17)11-7-9-12(15)10-8-11/h1,7-10H,5-6H2,2-3H3,(H,16,17). The van der Waals surface area contributed by atoms with E-state index in [-0.39, 0.29) is 5.91 Å². The van der Waals surface area contributed by atoms with Crippen molar-refractivity contribution in [1.82, 2.24) is 5.32 Å². The van der Waals surface area contributed by atoms with Gasteiger partial charge in [-0.05, 0) is 37.1 Å². The lowest BCUT2D eigenvalue weighted by Crippen LogP contribution is -2.46. The van der Waals surface area contributed by atoms with Gasteiger partial charge >= 0.3 is 0 Å². The highest BCUT2D eigenvalue weighted by molar-refractivity contribution is 9.10. The smallest absolute Gasteiger partial charge is 0.252 e. The second-order valence-corrected chi connectivity index (χ2v) is 4.81. The van der Waals surface area contributed by atoms with Crippen LogP contribution in [0.5, 0.6) is 0 Å². The number of benzene rings is 1. The maximum Gasteiger partial charge on any atom is 0.252 e. The zero-order chi connectivity index (χ0) is 12.9. The lowest BCUT2D eigenvalue weighted by Gasteiger charge is -2.27. The third-order valence-electron chi connectivity index (χ3n) is 2.94. The predicted molar refractivity (Wildman–Crippen MR) is 73.8 cm³/mol. The summed E-state index contributed by atoms with van der Waals surface area (Å²) in [4.78, 5) is 12.0. The van der Waals surface area contributed by atoms with Crippen LogP contribution in [0.3, 0.4) is 0 Å². The highest BCUT2D eigenvalue weighted by atomic mass is 79.9. The molecule has 1 rings (SSSR count). The van der Waals surface area contributed by atoms with Gasteiger partial charge in [-0.2, -0.15) is 0 Å². The molecule has 1 N–H and O–H groups in total. The zero-order valence-corrected chi connectivity index (χ0v) is 11.7. The molecule has 0 fully saturated rings. The maximum absolute atomic E-state index is 12.0. The fourth-order valence-corrected chi connectivity index (χ4v) is 1.82. The average Bonchev–Trinajstić information content (AvgIpc) is 2.37. The minimum atomic E-state index is -0.538. The van der Waals surface area contributed by atoms with Crippen molar-refractivity contribution in [3.05, 3.63) is 34.3 Å². The lowest BCUT2D eigenvalue weighted by atomic mass is 9.93. The molecule has 0 aliphatic rings. The molecule has 0 heterocycles. The molecule has 0 radical (unpaired) electrons. The van der Waals surface area contributed by atoms with Crippen LogP contribution in [0, 0.1) is 12.3 Å². The first kappa shape index (κ1) is 13.8. The number of carbonyl (C=O) groups excluding carboxylic acids is 1. The minimum Gasteiger partial charge on any atom is -0.336 e. The summed E-state index contributed by atoms with van der Waals surface area (Å²) in [6.07, 6.45) is 6.96. The van der Waals surface area contributed by atoms with Crippen LogP contribution in [-0.2, 0) is 0 Å². The molecule has 0 aromatic heterocycles. The van der Waals surface area contributed by atoms with Gasteiger partial charge in [0.1, 0.15) is 5.54 Å². The van der Waals surface area contributed by atoms with E-state index in [1.54, 1.807) is 12.1 Å². The molecule has 0 bridgehead atoms. The third-order valence-corrected chi connectivity index (χ3v) is 3.47.